The summed E-state index contributed by atoms with van der Waals surface area (Å²) < 4.78 is 0. The summed E-state index contributed by atoms with van der Waals surface area (Å²) in [6.07, 6.45) is 4.39. The van der Waals surface area contributed by atoms with Crippen LogP contribution in [0.25, 0.3) is 0 Å². The Hall–Kier alpha value is -0.570. The number of aliphatic carboxylic acids is 1. The number of carboxylic acid groups (broad SMARTS) is 1. The number of hydrogen-bond donors (Lipinski definition) is 1. The molecule has 1 aliphatic rings. The molecule has 0 aliphatic carbocycles. The quantitative estimate of drug-likeness (QED) is 0.736. The van der Waals surface area contributed by atoms with E-state index in [2.05, 4.69) is 18.7 Å². The molecule has 0 bridgehead atoms. The highest BCUT2D eigenvalue weighted by atomic mass is 16.4. The van der Waals surface area contributed by atoms with Crippen LogP contribution in [0, 0.1) is 5.92 Å². The molecule has 14 heavy (non-hydrogen) atoms. The molecular formula is C11H21NO2. The third kappa shape index (κ3) is 2.71. The van der Waals surface area contributed by atoms with E-state index in [1.807, 2.05) is 0 Å². The third-order valence-electron chi connectivity index (χ3n) is 3.07. The molecule has 0 aromatic heterocycles. The minimum absolute atomic E-state index is 0.252. The van der Waals surface area contributed by atoms with Gasteiger partial charge in [0.1, 0.15) is 6.04 Å². The molecule has 3 heteroatoms. The normalized spacial score (nSPS) is 22.1. The summed E-state index contributed by atoms with van der Waals surface area (Å²) >= 11 is 0. The molecule has 0 aromatic rings. The number of carboxylic acids is 1. The second kappa shape index (κ2) is 5.35. The van der Waals surface area contributed by atoms with E-state index < -0.39 is 5.97 Å². The second-order valence-corrected chi connectivity index (χ2v) is 4.29. The van der Waals surface area contributed by atoms with Gasteiger partial charge in [0, 0.05) is 0 Å². The van der Waals surface area contributed by atoms with Gasteiger partial charge in [0.25, 0.3) is 0 Å². The van der Waals surface area contributed by atoms with Crippen LogP contribution in [0.15, 0.2) is 0 Å². The number of hydrogen-bond acceptors (Lipinski definition) is 2. The highest BCUT2D eigenvalue weighted by Crippen LogP contribution is 2.21. The lowest BCUT2D eigenvalue weighted by Crippen LogP contribution is -2.43. The highest BCUT2D eigenvalue weighted by molar-refractivity contribution is 5.73. The molecule has 1 aliphatic heterocycles. The Morgan fingerprint density at radius 3 is 2.43 bits per heavy atom. The zero-order chi connectivity index (χ0) is 10.6. The van der Waals surface area contributed by atoms with Crippen molar-refractivity contribution in [1.82, 2.24) is 4.90 Å². The lowest BCUT2D eigenvalue weighted by atomic mass is 9.96. The minimum atomic E-state index is -0.646. The van der Waals surface area contributed by atoms with Crippen LogP contribution in [0.4, 0.5) is 0 Å². The zero-order valence-electron chi connectivity index (χ0n) is 9.20. The van der Waals surface area contributed by atoms with Crippen LogP contribution in [0.1, 0.15) is 39.5 Å². The topological polar surface area (TPSA) is 40.5 Å². The van der Waals surface area contributed by atoms with Gasteiger partial charge in [0.15, 0.2) is 0 Å². The van der Waals surface area contributed by atoms with Crippen LogP contribution >= 0.6 is 0 Å². The Labute approximate surface area is 86.1 Å². The molecule has 0 saturated carbocycles. The van der Waals surface area contributed by atoms with Crippen molar-refractivity contribution in [2.45, 2.75) is 45.6 Å². The van der Waals surface area contributed by atoms with Crippen LogP contribution in [-0.2, 0) is 4.79 Å². The second-order valence-electron chi connectivity index (χ2n) is 4.29. The van der Waals surface area contributed by atoms with Crippen molar-refractivity contribution in [3.05, 3.63) is 0 Å². The van der Waals surface area contributed by atoms with Gasteiger partial charge in [-0.15, -0.1) is 0 Å². The molecule has 1 fully saturated rings. The van der Waals surface area contributed by atoms with Gasteiger partial charge in [-0.05, 0) is 38.3 Å². The maximum atomic E-state index is 11.2. The largest absolute Gasteiger partial charge is 0.480 e. The first-order valence-electron chi connectivity index (χ1n) is 5.63. The first-order valence-corrected chi connectivity index (χ1v) is 5.63. The Morgan fingerprint density at radius 2 is 2.00 bits per heavy atom. The maximum Gasteiger partial charge on any atom is 0.321 e. The van der Waals surface area contributed by atoms with Gasteiger partial charge in [-0.25, -0.2) is 0 Å². The van der Waals surface area contributed by atoms with Crippen molar-refractivity contribution in [1.29, 1.82) is 0 Å². The van der Waals surface area contributed by atoms with E-state index >= 15 is 0 Å². The molecule has 0 amide bonds. The summed E-state index contributed by atoms with van der Waals surface area (Å²) in [5, 5.41) is 9.19. The van der Waals surface area contributed by atoms with Crippen molar-refractivity contribution >= 4 is 5.97 Å². The van der Waals surface area contributed by atoms with Crippen LogP contribution in [-0.4, -0.2) is 35.1 Å². The highest BCUT2D eigenvalue weighted by Gasteiger charge is 2.31. The molecule has 0 spiro atoms. The van der Waals surface area contributed by atoms with Crippen molar-refractivity contribution in [3.63, 3.8) is 0 Å². The summed E-state index contributed by atoms with van der Waals surface area (Å²) in [4.78, 5) is 13.3. The summed E-state index contributed by atoms with van der Waals surface area (Å²) in [5.74, 6) is -0.372. The van der Waals surface area contributed by atoms with Crippen LogP contribution in [0.2, 0.25) is 0 Å². The molecule has 82 valence electrons. The Bertz CT molecular complexity index is 188. The van der Waals surface area contributed by atoms with Crippen molar-refractivity contribution in [3.8, 4) is 0 Å². The fourth-order valence-electron chi connectivity index (χ4n) is 2.39. The predicted molar refractivity (Wildman–Crippen MR) is 56.3 cm³/mol. The van der Waals surface area contributed by atoms with Gasteiger partial charge in [-0.2, -0.15) is 0 Å². The van der Waals surface area contributed by atoms with E-state index in [9.17, 15) is 9.90 Å². The van der Waals surface area contributed by atoms with E-state index in [-0.39, 0.29) is 12.0 Å². The average molecular weight is 199 g/mol. The number of likely N-dealkylation sites (tertiary alicyclic amines) is 1. The Kier molecular flexibility index (Phi) is 4.39. The van der Waals surface area contributed by atoms with E-state index in [0.29, 0.717) is 0 Å². The van der Waals surface area contributed by atoms with Crippen molar-refractivity contribution in [2.75, 3.05) is 13.1 Å². The van der Waals surface area contributed by atoms with Gasteiger partial charge in [-0.3, -0.25) is 9.69 Å². The van der Waals surface area contributed by atoms with E-state index in [0.717, 1.165) is 38.8 Å². The Balaban J connectivity index is 2.57. The number of carbonyl (C=O) groups is 1. The molecular weight excluding hydrogens is 178 g/mol. The predicted octanol–water partition coefficient (Wildman–Crippen LogP) is 1.97. The average Bonchev–Trinajstić information content (AvgIpc) is 2.57. The molecule has 2 atom stereocenters. The van der Waals surface area contributed by atoms with Gasteiger partial charge in [0.2, 0.25) is 0 Å². The molecule has 1 rings (SSSR count). The van der Waals surface area contributed by atoms with Crippen molar-refractivity contribution < 1.29 is 9.90 Å². The smallest absolute Gasteiger partial charge is 0.321 e. The monoisotopic (exact) mass is 199 g/mol. The summed E-state index contributed by atoms with van der Waals surface area (Å²) in [6.45, 7) is 6.09. The summed E-state index contributed by atoms with van der Waals surface area (Å²) in [7, 11) is 0. The maximum absolute atomic E-state index is 11.2. The number of nitrogens with zero attached hydrogens (tertiary/aromatic N) is 1. The zero-order valence-corrected chi connectivity index (χ0v) is 9.20. The van der Waals surface area contributed by atoms with E-state index in [1.54, 1.807) is 0 Å². The van der Waals surface area contributed by atoms with Crippen molar-refractivity contribution in [2.24, 2.45) is 5.92 Å². The minimum Gasteiger partial charge on any atom is -0.480 e. The molecule has 2 unspecified atom stereocenters. The first-order chi connectivity index (χ1) is 6.66. The lowest BCUT2D eigenvalue weighted by Gasteiger charge is -2.28. The molecule has 1 N–H and O–H groups in total. The Morgan fingerprint density at radius 1 is 1.43 bits per heavy atom. The van der Waals surface area contributed by atoms with Gasteiger partial charge < -0.3 is 5.11 Å². The standard InChI is InChI=1S/C11H21NO2/c1-3-6-9(2)10(11(13)14)12-7-4-5-8-12/h9-10H,3-8H2,1-2H3,(H,13,14). The van der Waals surface area contributed by atoms with Crippen LogP contribution in [0.3, 0.4) is 0 Å². The molecule has 0 aromatic carbocycles. The van der Waals surface area contributed by atoms with Gasteiger partial charge in [-0.1, -0.05) is 20.3 Å². The summed E-state index contributed by atoms with van der Waals surface area (Å²) in [6, 6.07) is -0.252. The fourth-order valence-corrected chi connectivity index (χ4v) is 2.39. The molecule has 1 heterocycles. The molecule has 0 radical (unpaired) electrons. The van der Waals surface area contributed by atoms with Gasteiger partial charge in [0.05, 0.1) is 0 Å². The molecule has 3 nitrogen and oxygen atoms in total. The van der Waals surface area contributed by atoms with Crippen LogP contribution < -0.4 is 0 Å². The number of rotatable bonds is 5. The lowest BCUT2D eigenvalue weighted by molar-refractivity contribution is -0.144. The SMILES string of the molecule is CCCC(C)C(C(=O)O)N1CCCC1. The fraction of sp³-hybridized carbons (Fsp3) is 0.909. The summed E-state index contributed by atoms with van der Waals surface area (Å²) in [5.41, 5.74) is 0. The van der Waals surface area contributed by atoms with E-state index in [4.69, 9.17) is 0 Å². The van der Waals surface area contributed by atoms with E-state index in [1.165, 1.54) is 0 Å². The first kappa shape index (κ1) is 11.5. The van der Waals surface area contributed by atoms with Crippen LogP contribution in [0.5, 0.6) is 0 Å². The molecule has 1 saturated heterocycles. The third-order valence-corrected chi connectivity index (χ3v) is 3.07. The van der Waals surface area contributed by atoms with Gasteiger partial charge >= 0.3 is 5.97 Å².